The van der Waals surface area contributed by atoms with Crippen molar-refractivity contribution in [1.82, 2.24) is 0 Å². The number of para-hydroxylation sites is 1. The first kappa shape index (κ1) is 14.4. The first-order valence-corrected chi connectivity index (χ1v) is 6.06. The second-order valence-electron chi connectivity index (χ2n) is 4.46. The summed E-state index contributed by atoms with van der Waals surface area (Å²) in [6.07, 6.45) is 0. The Morgan fingerprint density at radius 3 is 2.38 bits per heavy atom. The number of hydrogen-bond acceptors (Lipinski definition) is 4. The highest BCUT2D eigenvalue weighted by Crippen LogP contribution is 2.26. The number of carboxylic acids is 1. The third-order valence-corrected chi connectivity index (χ3v) is 2.98. The fourth-order valence-corrected chi connectivity index (χ4v) is 1.86. The molecule has 0 atom stereocenters. The van der Waals surface area contributed by atoms with Gasteiger partial charge in [-0.1, -0.05) is 12.1 Å². The third-order valence-electron chi connectivity index (χ3n) is 2.98. The number of carbonyl (C=O) groups excluding carboxylic acids is 1. The van der Waals surface area contributed by atoms with Crippen molar-refractivity contribution in [3.05, 3.63) is 53.1 Å². The SMILES string of the molecule is Cc1cccc(C(=O)O)c1NC(=O)c1ccc(O)c(O)c1. The highest BCUT2D eigenvalue weighted by atomic mass is 16.4. The molecule has 0 aromatic heterocycles. The third kappa shape index (κ3) is 2.94. The van der Waals surface area contributed by atoms with Crippen LogP contribution in [-0.2, 0) is 0 Å². The van der Waals surface area contributed by atoms with E-state index in [1.165, 1.54) is 18.2 Å². The van der Waals surface area contributed by atoms with Gasteiger partial charge in [-0.15, -0.1) is 0 Å². The van der Waals surface area contributed by atoms with E-state index in [2.05, 4.69) is 5.32 Å². The Hall–Kier alpha value is -3.02. The van der Waals surface area contributed by atoms with E-state index in [0.29, 0.717) is 5.56 Å². The van der Waals surface area contributed by atoms with Crippen molar-refractivity contribution < 1.29 is 24.9 Å². The number of aromatic hydroxyl groups is 2. The van der Waals surface area contributed by atoms with Crippen molar-refractivity contribution in [3.8, 4) is 11.5 Å². The van der Waals surface area contributed by atoms with Crippen LogP contribution in [0.1, 0.15) is 26.3 Å². The summed E-state index contributed by atoms with van der Waals surface area (Å²) in [5, 5.41) is 30.2. The van der Waals surface area contributed by atoms with Crippen LogP contribution in [0.15, 0.2) is 36.4 Å². The van der Waals surface area contributed by atoms with Gasteiger partial charge in [0.05, 0.1) is 11.3 Å². The quantitative estimate of drug-likeness (QED) is 0.648. The molecular formula is C15H13NO5. The fraction of sp³-hybridized carbons (Fsp3) is 0.0667. The Bertz CT molecular complexity index is 724. The van der Waals surface area contributed by atoms with E-state index in [1.54, 1.807) is 19.1 Å². The minimum atomic E-state index is -1.15. The Kier molecular flexibility index (Phi) is 3.80. The average Bonchev–Trinajstić information content (AvgIpc) is 2.43. The minimum Gasteiger partial charge on any atom is -0.504 e. The lowest BCUT2D eigenvalue weighted by molar-refractivity contribution is 0.0698. The number of carbonyl (C=O) groups is 2. The molecule has 0 radical (unpaired) electrons. The molecule has 108 valence electrons. The molecule has 2 rings (SSSR count). The number of phenolic OH excluding ortho intramolecular Hbond substituents is 2. The minimum absolute atomic E-state index is 0.0219. The lowest BCUT2D eigenvalue weighted by Crippen LogP contribution is -2.15. The smallest absolute Gasteiger partial charge is 0.337 e. The molecule has 21 heavy (non-hydrogen) atoms. The van der Waals surface area contributed by atoms with Crippen molar-refractivity contribution >= 4 is 17.6 Å². The van der Waals surface area contributed by atoms with Crippen LogP contribution in [0, 0.1) is 6.92 Å². The molecule has 0 aliphatic heterocycles. The van der Waals surface area contributed by atoms with Gasteiger partial charge in [0.1, 0.15) is 0 Å². The number of carboxylic acid groups (broad SMARTS) is 1. The normalized spacial score (nSPS) is 10.1. The molecule has 0 heterocycles. The van der Waals surface area contributed by atoms with Crippen molar-refractivity contribution in [2.75, 3.05) is 5.32 Å². The summed E-state index contributed by atoms with van der Waals surface area (Å²) < 4.78 is 0. The number of amides is 1. The van der Waals surface area contributed by atoms with E-state index in [0.717, 1.165) is 6.07 Å². The van der Waals surface area contributed by atoms with Gasteiger partial charge in [0.15, 0.2) is 11.5 Å². The molecule has 2 aromatic rings. The summed E-state index contributed by atoms with van der Waals surface area (Å²) in [5.74, 6) is -2.50. The van der Waals surface area contributed by atoms with E-state index in [1.807, 2.05) is 0 Å². The van der Waals surface area contributed by atoms with Gasteiger partial charge in [-0.25, -0.2) is 4.79 Å². The number of benzene rings is 2. The predicted octanol–water partition coefficient (Wildman–Crippen LogP) is 2.36. The number of phenols is 2. The van der Waals surface area contributed by atoms with Gasteiger partial charge in [-0.2, -0.15) is 0 Å². The van der Waals surface area contributed by atoms with Crippen molar-refractivity contribution in [1.29, 1.82) is 0 Å². The molecule has 0 bridgehead atoms. The summed E-state index contributed by atoms with van der Waals surface area (Å²) in [5.41, 5.74) is 0.880. The molecule has 0 aliphatic carbocycles. The number of aryl methyl sites for hydroxylation is 1. The molecular weight excluding hydrogens is 274 g/mol. The standard InChI is InChI=1S/C15H13NO5/c1-8-3-2-4-10(15(20)21)13(8)16-14(19)9-5-6-11(17)12(18)7-9/h2-7,17-18H,1H3,(H,16,19)(H,20,21). The molecule has 0 saturated carbocycles. The van der Waals surface area contributed by atoms with Crippen molar-refractivity contribution in [3.63, 3.8) is 0 Å². The molecule has 0 saturated heterocycles. The van der Waals surface area contributed by atoms with Gasteiger partial charge in [-0.3, -0.25) is 4.79 Å². The molecule has 1 amide bonds. The maximum atomic E-state index is 12.1. The second kappa shape index (κ2) is 5.54. The zero-order chi connectivity index (χ0) is 15.6. The van der Waals surface area contributed by atoms with E-state index >= 15 is 0 Å². The Morgan fingerprint density at radius 1 is 1.05 bits per heavy atom. The number of aromatic carboxylic acids is 1. The topological polar surface area (TPSA) is 107 Å². The summed E-state index contributed by atoms with van der Waals surface area (Å²) in [7, 11) is 0. The number of rotatable bonds is 3. The van der Waals surface area contributed by atoms with E-state index < -0.39 is 17.6 Å². The van der Waals surface area contributed by atoms with Crippen LogP contribution in [0.2, 0.25) is 0 Å². The van der Waals surface area contributed by atoms with Crippen LogP contribution in [0.3, 0.4) is 0 Å². The largest absolute Gasteiger partial charge is 0.504 e. The van der Waals surface area contributed by atoms with Gasteiger partial charge in [0, 0.05) is 5.56 Å². The summed E-state index contributed by atoms with van der Waals surface area (Å²) in [6, 6.07) is 8.25. The Balaban J connectivity index is 2.36. The van der Waals surface area contributed by atoms with Gasteiger partial charge in [0.2, 0.25) is 0 Å². The monoisotopic (exact) mass is 287 g/mol. The first-order chi connectivity index (χ1) is 9.90. The van der Waals surface area contributed by atoms with Crippen LogP contribution >= 0.6 is 0 Å². The van der Waals surface area contributed by atoms with Gasteiger partial charge in [-0.05, 0) is 36.8 Å². The highest BCUT2D eigenvalue weighted by molar-refractivity contribution is 6.08. The number of anilines is 1. The highest BCUT2D eigenvalue weighted by Gasteiger charge is 2.16. The molecule has 6 nitrogen and oxygen atoms in total. The zero-order valence-electron chi connectivity index (χ0n) is 11.1. The lowest BCUT2D eigenvalue weighted by Gasteiger charge is -2.11. The number of nitrogens with one attached hydrogen (secondary N) is 1. The maximum Gasteiger partial charge on any atom is 0.337 e. The zero-order valence-corrected chi connectivity index (χ0v) is 11.1. The molecule has 0 aliphatic rings. The molecule has 6 heteroatoms. The van der Waals surface area contributed by atoms with Crippen molar-refractivity contribution in [2.45, 2.75) is 6.92 Å². The molecule has 0 fully saturated rings. The summed E-state index contributed by atoms with van der Waals surface area (Å²) in [4.78, 5) is 23.3. The van der Waals surface area contributed by atoms with Crippen LogP contribution in [-0.4, -0.2) is 27.2 Å². The number of hydrogen-bond donors (Lipinski definition) is 4. The van der Waals surface area contributed by atoms with Crippen LogP contribution < -0.4 is 5.32 Å². The van der Waals surface area contributed by atoms with Gasteiger partial charge < -0.3 is 20.6 Å². The first-order valence-electron chi connectivity index (χ1n) is 6.06. The summed E-state index contributed by atoms with van der Waals surface area (Å²) >= 11 is 0. The van der Waals surface area contributed by atoms with E-state index in [-0.39, 0.29) is 22.6 Å². The van der Waals surface area contributed by atoms with E-state index in [4.69, 9.17) is 5.11 Å². The average molecular weight is 287 g/mol. The summed E-state index contributed by atoms with van der Waals surface area (Å²) in [6.45, 7) is 1.68. The van der Waals surface area contributed by atoms with Crippen molar-refractivity contribution in [2.24, 2.45) is 0 Å². The van der Waals surface area contributed by atoms with Crippen LogP contribution in [0.5, 0.6) is 11.5 Å². The molecule has 2 aromatic carbocycles. The Labute approximate surface area is 120 Å². The van der Waals surface area contributed by atoms with Crippen LogP contribution in [0.4, 0.5) is 5.69 Å². The molecule has 0 unspecified atom stereocenters. The maximum absolute atomic E-state index is 12.1. The van der Waals surface area contributed by atoms with Crippen LogP contribution in [0.25, 0.3) is 0 Å². The lowest BCUT2D eigenvalue weighted by atomic mass is 10.1. The molecule has 4 N–H and O–H groups in total. The fourth-order valence-electron chi connectivity index (χ4n) is 1.86. The van der Waals surface area contributed by atoms with Gasteiger partial charge in [0.25, 0.3) is 5.91 Å². The Morgan fingerprint density at radius 2 is 1.76 bits per heavy atom. The second-order valence-corrected chi connectivity index (χ2v) is 4.46. The predicted molar refractivity (Wildman–Crippen MR) is 75.9 cm³/mol. The van der Waals surface area contributed by atoms with Gasteiger partial charge >= 0.3 is 5.97 Å². The molecule has 0 spiro atoms. The van der Waals surface area contributed by atoms with E-state index in [9.17, 15) is 19.8 Å².